The zero-order chi connectivity index (χ0) is 9.97. The fraction of sp³-hybridized carbons (Fsp3) is 0.250. The molecule has 0 aliphatic heterocycles. The van der Waals surface area contributed by atoms with E-state index in [4.69, 9.17) is 5.11 Å². The molecular weight excluding hydrogens is 176 g/mol. The molecule has 0 saturated heterocycles. The highest BCUT2D eigenvalue weighted by atomic mass is 16.4. The average molecular weight is 188 g/mol. The first-order valence-electron chi connectivity index (χ1n) is 4.80. The number of hydrogen-bond donors (Lipinski definition) is 1. The van der Waals surface area contributed by atoms with Crippen LogP contribution in [-0.4, -0.2) is 11.1 Å². The van der Waals surface area contributed by atoms with Gasteiger partial charge in [0.05, 0.1) is 5.56 Å². The van der Waals surface area contributed by atoms with Crippen molar-refractivity contribution in [3.05, 3.63) is 41.5 Å². The smallest absolute Gasteiger partial charge is 0.335 e. The zero-order valence-corrected chi connectivity index (χ0v) is 7.86. The predicted molar refractivity (Wildman–Crippen MR) is 55.2 cm³/mol. The summed E-state index contributed by atoms with van der Waals surface area (Å²) in [5.41, 5.74) is 2.86. The molecule has 2 rings (SSSR count). The third kappa shape index (κ3) is 1.69. The first kappa shape index (κ1) is 9.00. The fourth-order valence-corrected chi connectivity index (χ4v) is 1.76. The van der Waals surface area contributed by atoms with Crippen LogP contribution in [0.1, 0.15) is 35.2 Å². The van der Waals surface area contributed by atoms with Gasteiger partial charge in [-0.3, -0.25) is 0 Å². The van der Waals surface area contributed by atoms with Crippen molar-refractivity contribution in [1.29, 1.82) is 0 Å². The topological polar surface area (TPSA) is 37.3 Å². The van der Waals surface area contributed by atoms with Gasteiger partial charge in [0.25, 0.3) is 0 Å². The lowest BCUT2D eigenvalue weighted by atomic mass is 10.0. The largest absolute Gasteiger partial charge is 0.478 e. The molecular formula is C12H12O2. The monoisotopic (exact) mass is 188 g/mol. The Kier molecular flexibility index (Phi) is 2.35. The summed E-state index contributed by atoms with van der Waals surface area (Å²) in [4.78, 5) is 10.6. The Bertz CT molecular complexity index is 374. The zero-order valence-electron chi connectivity index (χ0n) is 7.86. The summed E-state index contributed by atoms with van der Waals surface area (Å²) in [7, 11) is 0. The lowest BCUT2D eigenvalue weighted by molar-refractivity contribution is 0.0697. The van der Waals surface area contributed by atoms with E-state index in [0.717, 1.165) is 18.4 Å². The second-order valence-electron chi connectivity index (χ2n) is 3.50. The number of aromatic carboxylic acids is 1. The molecule has 0 saturated carbocycles. The number of carboxylic acids is 1. The summed E-state index contributed by atoms with van der Waals surface area (Å²) in [5, 5.41) is 8.73. The van der Waals surface area contributed by atoms with Gasteiger partial charge in [-0.1, -0.05) is 18.2 Å². The maximum atomic E-state index is 10.6. The van der Waals surface area contributed by atoms with Crippen LogP contribution < -0.4 is 0 Å². The minimum absolute atomic E-state index is 0.354. The highest BCUT2D eigenvalue weighted by Gasteiger charge is 2.08. The van der Waals surface area contributed by atoms with Crippen molar-refractivity contribution in [1.82, 2.24) is 0 Å². The molecule has 1 aromatic carbocycles. The highest BCUT2D eigenvalue weighted by molar-refractivity contribution is 5.88. The van der Waals surface area contributed by atoms with Crippen molar-refractivity contribution < 1.29 is 9.90 Å². The molecule has 0 heterocycles. The van der Waals surface area contributed by atoms with Crippen molar-refractivity contribution in [2.24, 2.45) is 0 Å². The van der Waals surface area contributed by atoms with Crippen LogP contribution in [0, 0.1) is 0 Å². The molecule has 0 bridgehead atoms. The first-order valence-corrected chi connectivity index (χ1v) is 4.80. The second-order valence-corrected chi connectivity index (χ2v) is 3.50. The van der Waals surface area contributed by atoms with Crippen molar-refractivity contribution >= 4 is 11.5 Å². The van der Waals surface area contributed by atoms with Gasteiger partial charge >= 0.3 is 5.97 Å². The summed E-state index contributed by atoms with van der Waals surface area (Å²) < 4.78 is 0. The Labute approximate surface area is 82.9 Å². The van der Waals surface area contributed by atoms with E-state index >= 15 is 0 Å². The minimum atomic E-state index is -0.864. The Balaban J connectivity index is 2.25. The number of carbonyl (C=O) groups is 1. The molecule has 1 aromatic rings. The van der Waals surface area contributed by atoms with E-state index in [1.807, 2.05) is 12.1 Å². The van der Waals surface area contributed by atoms with Crippen LogP contribution in [0.3, 0.4) is 0 Å². The number of carboxylic acid groups (broad SMARTS) is 1. The molecule has 0 amide bonds. The lowest BCUT2D eigenvalue weighted by Crippen LogP contribution is -1.95. The van der Waals surface area contributed by atoms with Gasteiger partial charge in [0.2, 0.25) is 0 Å². The lowest BCUT2D eigenvalue weighted by Gasteiger charge is -2.02. The molecule has 2 heteroatoms. The van der Waals surface area contributed by atoms with E-state index in [-0.39, 0.29) is 0 Å². The molecule has 0 radical (unpaired) electrons. The highest BCUT2D eigenvalue weighted by Crippen LogP contribution is 2.27. The molecule has 0 unspecified atom stereocenters. The van der Waals surface area contributed by atoms with Crippen LogP contribution in [0.25, 0.3) is 5.57 Å². The normalized spacial score (nSPS) is 15.3. The van der Waals surface area contributed by atoms with Gasteiger partial charge in [0, 0.05) is 0 Å². The Hall–Kier alpha value is -1.57. The van der Waals surface area contributed by atoms with Crippen molar-refractivity contribution in [2.75, 3.05) is 0 Å². The molecule has 72 valence electrons. The van der Waals surface area contributed by atoms with Gasteiger partial charge < -0.3 is 5.11 Å². The predicted octanol–water partition coefficient (Wildman–Crippen LogP) is 2.95. The van der Waals surface area contributed by atoms with Crippen LogP contribution in [0.15, 0.2) is 30.3 Å². The van der Waals surface area contributed by atoms with Gasteiger partial charge in [0.1, 0.15) is 0 Å². The Morgan fingerprint density at radius 2 is 1.93 bits per heavy atom. The molecule has 1 aliphatic rings. The summed E-state index contributed by atoms with van der Waals surface area (Å²) in [6.45, 7) is 0. The molecule has 0 fully saturated rings. The number of hydrogen-bond acceptors (Lipinski definition) is 1. The summed E-state index contributed by atoms with van der Waals surface area (Å²) in [6, 6.07) is 7.11. The van der Waals surface area contributed by atoms with E-state index < -0.39 is 5.97 Å². The Morgan fingerprint density at radius 1 is 1.21 bits per heavy atom. The number of allylic oxidation sites excluding steroid dienone is 2. The van der Waals surface area contributed by atoms with Gasteiger partial charge in [-0.25, -0.2) is 4.79 Å². The maximum absolute atomic E-state index is 10.6. The molecule has 0 spiro atoms. The van der Waals surface area contributed by atoms with E-state index in [9.17, 15) is 4.79 Å². The van der Waals surface area contributed by atoms with Gasteiger partial charge in [-0.05, 0) is 42.5 Å². The Morgan fingerprint density at radius 3 is 2.43 bits per heavy atom. The van der Waals surface area contributed by atoms with Crippen LogP contribution >= 0.6 is 0 Å². The summed E-state index contributed by atoms with van der Waals surface area (Å²) >= 11 is 0. The number of rotatable bonds is 2. The summed E-state index contributed by atoms with van der Waals surface area (Å²) in [6.07, 6.45) is 5.72. The molecule has 14 heavy (non-hydrogen) atoms. The van der Waals surface area contributed by atoms with E-state index in [1.165, 1.54) is 12.0 Å². The van der Waals surface area contributed by atoms with Crippen LogP contribution in [0.5, 0.6) is 0 Å². The van der Waals surface area contributed by atoms with Crippen LogP contribution in [0.4, 0.5) is 0 Å². The SMILES string of the molecule is O=C(O)c1ccc(C2=CCCC2)cc1. The molecule has 2 nitrogen and oxygen atoms in total. The quantitative estimate of drug-likeness (QED) is 0.774. The third-order valence-corrected chi connectivity index (χ3v) is 2.54. The van der Waals surface area contributed by atoms with Gasteiger partial charge in [-0.15, -0.1) is 0 Å². The maximum Gasteiger partial charge on any atom is 0.335 e. The summed E-state index contributed by atoms with van der Waals surface area (Å²) in [5.74, 6) is -0.864. The van der Waals surface area contributed by atoms with Crippen molar-refractivity contribution in [3.63, 3.8) is 0 Å². The van der Waals surface area contributed by atoms with Crippen LogP contribution in [-0.2, 0) is 0 Å². The van der Waals surface area contributed by atoms with E-state index in [0.29, 0.717) is 5.56 Å². The minimum Gasteiger partial charge on any atom is -0.478 e. The molecule has 1 N–H and O–H groups in total. The van der Waals surface area contributed by atoms with Gasteiger partial charge in [-0.2, -0.15) is 0 Å². The second kappa shape index (κ2) is 3.66. The van der Waals surface area contributed by atoms with E-state index in [2.05, 4.69) is 6.08 Å². The fourth-order valence-electron chi connectivity index (χ4n) is 1.76. The number of benzene rings is 1. The van der Waals surface area contributed by atoms with Crippen LogP contribution in [0.2, 0.25) is 0 Å². The van der Waals surface area contributed by atoms with E-state index in [1.54, 1.807) is 12.1 Å². The van der Waals surface area contributed by atoms with Crippen molar-refractivity contribution in [2.45, 2.75) is 19.3 Å². The average Bonchev–Trinajstić information content (AvgIpc) is 2.71. The van der Waals surface area contributed by atoms with Crippen molar-refractivity contribution in [3.8, 4) is 0 Å². The third-order valence-electron chi connectivity index (χ3n) is 2.54. The molecule has 0 aromatic heterocycles. The van der Waals surface area contributed by atoms with Gasteiger partial charge in [0.15, 0.2) is 0 Å². The molecule has 1 aliphatic carbocycles. The first-order chi connectivity index (χ1) is 6.77. The standard InChI is InChI=1S/C12H12O2/c13-12(14)11-7-5-10(6-8-11)9-3-1-2-4-9/h3,5-8H,1-2,4H2,(H,13,14). The molecule has 0 atom stereocenters.